The van der Waals surface area contributed by atoms with Gasteiger partial charge in [0, 0.05) is 13.1 Å². The van der Waals surface area contributed by atoms with Crippen molar-refractivity contribution in [1.29, 1.82) is 0 Å². The van der Waals surface area contributed by atoms with Crippen molar-refractivity contribution in [3.05, 3.63) is 0 Å². The van der Waals surface area contributed by atoms with Gasteiger partial charge in [0.2, 0.25) is 5.91 Å². The number of amides is 1. The molecular weight excluding hydrogens is 262 g/mol. The second-order valence-corrected chi connectivity index (χ2v) is 8.29. The van der Waals surface area contributed by atoms with Gasteiger partial charge in [-0.2, -0.15) is 0 Å². The number of piperidine rings is 2. The largest absolute Gasteiger partial charge is 0.341 e. The normalized spacial score (nSPS) is 32.2. The monoisotopic (exact) mass is 291 g/mol. The first-order valence-electron chi connectivity index (χ1n) is 8.80. The molecule has 0 bridgehead atoms. The molecule has 0 aromatic rings. The van der Waals surface area contributed by atoms with Crippen LogP contribution in [0.15, 0.2) is 0 Å². The van der Waals surface area contributed by atoms with Crippen molar-refractivity contribution < 1.29 is 4.79 Å². The molecule has 0 atom stereocenters. The number of hydrogen-bond donors (Lipinski definition) is 1. The number of carbonyl (C=O) groups excluding carboxylic acids is 1. The zero-order valence-corrected chi connectivity index (χ0v) is 13.4. The van der Waals surface area contributed by atoms with E-state index in [1.807, 2.05) is 0 Å². The van der Waals surface area contributed by atoms with Gasteiger partial charge in [-0.05, 0) is 83.1 Å². The molecule has 4 heteroatoms. The number of β-lactam (4-membered cyclic amide) rings is 1. The molecule has 118 valence electrons. The molecule has 3 saturated heterocycles. The molecule has 0 radical (unpaired) electrons. The Bertz CT molecular complexity index is 414. The molecule has 1 N–H and O–H groups in total. The maximum absolute atomic E-state index is 12.5. The Morgan fingerprint density at radius 1 is 1.14 bits per heavy atom. The van der Waals surface area contributed by atoms with E-state index in [-0.39, 0.29) is 5.41 Å². The first-order chi connectivity index (χ1) is 10.1. The Morgan fingerprint density at radius 2 is 1.81 bits per heavy atom. The van der Waals surface area contributed by atoms with Crippen molar-refractivity contribution in [2.24, 2.45) is 16.7 Å². The summed E-state index contributed by atoms with van der Waals surface area (Å²) in [5, 5.41) is 3.37. The van der Waals surface area contributed by atoms with Gasteiger partial charge in [0.1, 0.15) is 0 Å². The quantitative estimate of drug-likeness (QED) is 0.780. The molecule has 3 aliphatic heterocycles. The Labute approximate surface area is 128 Å². The molecule has 1 amide bonds. The lowest BCUT2D eigenvalue weighted by Gasteiger charge is -2.56. The van der Waals surface area contributed by atoms with E-state index < -0.39 is 0 Å². The highest BCUT2D eigenvalue weighted by atomic mass is 16.2. The molecule has 3 heterocycles. The van der Waals surface area contributed by atoms with Crippen LogP contribution in [0.25, 0.3) is 0 Å². The highest BCUT2D eigenvalue weighted by Gasteiger charge is 2.54. The summed E-state index contributed by atoms with van der Waals surface area (Å²) in [4.78, 5) is 17.1. The van der Waals surface area contributed by atoms with Crippen molar-refractivity contribution in [2.75, 3.05) is 46.3 Å². The first kappa shape index (κ1) is 14.0. The van der Waals surface area contributed by atoms with E-state index >= 15 is 0 Å². The van der Waals surface area contributed by atoms with Gasteiger partial charge in [0.05, 0.1) is 5.41 Å². The number of carbonyl (C=O) groups is 1. The number of hydrogen-bond acceptors (Lipinski definition) is 3. The van der Waals surface area contributed by atoms with Crippen LogP contribution in [-0.2, 0) is 4.79 Å². The lowest BCUT2D eigenvalue weighted by Crippen LogP contribution is -2.65. The van der Waals surface area contributed by atoms with E-state index in [9.17, 15) is 4.79 Å². The molecule has 4 nitrogen and oxygen atoms in total. The molecule has 1 saturated carbocycles. The molecule has 0 aromatic heterocycles. The van der Waals surface area contributed by atoms with Gasteiger partial charge in [-0.3, -0.25) is 4.79 Å². The lowest BCUT2D eigenvalue weighted by molar-refractivity contribution is -0.166. The summed E-state index contributed by atoms with van der Waals surface area (Å²) in [5.41, 5.74) is 0.692. The molecular formula is C17H29N3O. The van der Waals surface area contributed by atoms with E-state index in [0.717, 1.165) is 44.9 Å². The third-order valence-corrected chi connectivity index (χ3v) is 6.76. The second kappa shape index (κ2) is 4.95. The Balaban J connectivity index is 1.25. The smallest absolute Gasteiger partial charge is 0.230 e. The van der Waals surface area contributed by atoms with Crippen LogP contribution in [0, 0.1) is 16.7 Å². The standard InChI is InChI=1S/C17H29N3O/c1-19-8-4-16(5-9-19)10-14(11-16)12-20-13-17(15(20)21)2-6-18-7-3-17/h14,18H,2-13H2,1H3. The van der Waals surface area contributed by atoms with Crippen LogP contribution in [0.2, 0.25) is 0 Å². The average molecular weight is 291 g/mol. The van der Waals surface area contributed by atoms with E-state index in [1.54, 1.807) is 0 Å². The number of nitrogens with zero attached hydrogens (tertiary/aromatic N) is 2. The topological polar surface area (TPSA) is 35.6 Å². The van der Waals surface area contributed by atoms with Crippen LogP contribution < -0.4 is 5.32 Å². The third-order valence-electron chi connectivity index (χ3n) is 6.76. The summed E-state index contributed by atoms with van der Waals surface area (Å²) >= 11 is 0. The number of rotatable bonds is 2. The van der Waals surface area contributed by atoms with Crippen LogP contribution in [0.4, 0.5) is 0 Å². The summed E-state index contributed by atoms with van der Waals surface area (Å²) in [5.74, 6) is 1.25. The van der Waals surface area contributed by atoms with Crippen molar-refractivity contribution in [1.82, 2.24) is 15.1 Å². The Hall–Kier alpha value is -0.610. The third kappa shape index (κ3) is 2.31. The van der Waals surface area contributed by atoms with E-state index in [4.69, 9.17) is 0 Å². The molecule has 1 aliphatic carbocycles. The molecule has 2 spiro atoms. The minimum atomic E-state index is 0.0419. The fourth-order valence-electron chi connectivity index (χ4n) is 5.28. The van der Waals surface area contributed by atoms with Crippen molar-refractivity contribution >= 4 is 5.91 Å². The van der Waals surface area contributed by atoms with E-state index in [0.29, 0.717) is 11.3 Å². The summed E-state index contributed by atoms with van der Waals surface area (Å²) in [6.07, 6.45) is 7.62. The predicted molar refractivity (Wildman–Crippen MR) is 83.0 cm³/mol. The van der Waals surface area contributed by atoms with Crippen LogP contribution in [0.3, 0.4) is 0 Å². The van der Waals surface area contributed by atoms with Gasteiger partial charge < -0.3 is 15.1 Å². The molecule has 0 unspecified atom stereocenters. The SMILES string of the molecule is CN1CCC2(CC1)CC(CN1CC3(CCNCC3)C1=O)C2. The summed E-state index contributed by atoms with van der Waals surface area (Å²) in [6, 6.07) is 0. The van der Waals surface area contributed by atoms with Gasteiger partial charge in [0.25, 0.3) is 0 Å². The van der Waals surface area contributed by atoms with Crippen LogP contribution in [0.5, 0.6) is 0 Å². The molecule has 0 aromatic carbocycles. The fourth-order valence-corrected chi connectivity index (χ4v) is 5.28. The number of likely N-dealkylation sites (tertiary alicyclic amines) is 2. The minimum Gasteiger partial charge on any atom is -0.341 e. The zero-order chi connectivity index (χ0) is 14.5. The molecule has 4 fully saturated rings. The molecule has 4 aliphatic rings. The highest BCUT2D eigenvalue weighted by molar-refractivity contribution is 5.89. The van der Waals surface area contributed by atoms with Gasteiger partial charge in [-0.15, -0.1) is 0 Å². The van der Waals surface area contributed by atoms with Crippen molar-refractivity contribution in [3.63, 3.8) is 0 Å². The summed E-state index contributed by atoms with van der Waals surface area (Å²) in [7, 11) is 2.24. The minimum absolute atomic E-state index is 0.0419. The van der Waals surface area contributed by atoms with Gasteiger partial charge in [-0.1, -0.05) is 0 Å². The van der Waals surface area contributed by atoms with Crippen LogP contribution in [-0.4, -0.2) is 62.0 Å². The summed E-state index contributed by atoms with van der Waals surface area (Å²) in [6.45, 7) is 6.68. The van der Waals surface area contributed by atoms with Crippen LogP contribution >= 0.6 is 0 Å². The average Bonchev–Trinajstić information content (AvgIpc) is 2.48. The lowest BCUT2D eigenvalue weighted by atomic mass is 9.57. The molecule has 21 heavy (non-hydrogen) atoms. The fraction of sp³-hybridized carbons (Fsp3) is 0.941. The Kier molecular flexibility index (Phi) is 3.30. The summed E-state index contributed by atoms with van der Waals surface area (Å²) < 4.78 is 0. The maximum atomic E-state index is 12.5. The van der Waals surface area contributed by atoms with Crippen LogP contribution in [0.1, 0.15) is 38.5 Å². The van der Waals surface area contributed by atoms with Gasteiger partial charge in [-0.25, -0.2) is 0 Å². The maximum Gasteiger partial charge on any atom is 0.230 e. The Morgan fingerprint density at radius 3 is 2.43 bits per heavy atom. The first-order valence-corrected chi connectivity index (χ1v) is 8.80. The number of nitrogens with one attached hydrogen (secondary N) is 1. The van der Waals surface area contributed by atoms with E-state index in [2.05, 4.69) is 22.2 Å². The highest BCUT2D eigenvalue weighted by Crippen LogP contribution is 2.53. The van der Waals surface area contributed by atoms with Gasteiger partial charge in [0.15, 0.2) is 0 Å². The zero-order valence-electron chi connectivity index (χ0n) is 13.4. The van der Waals surface area contributed by atoms with Crippen molar-refractivity contribution in [3.8, 4) is 0 Å². The second-order valence-electron chi connectivity index (χ2n) is 8.29. The van der Waals surface area contributed by atoms with E-state index in [1.165, 1.54) is 38.8 Å². The predicted octanol–water partition coefficient (Wildman–Crippen LogP) is 1.32. The van der Waals surface area contributed by atoms with Gasteiger partial charge >= 0.3 is 0 Å². The molecule has 4 rings (SSSR count). The van der Waals surface area contributed by atoms with Crippen molar-refractivity contribution in [2.45, 2.75) is 38.5 Å².